The van der Waals surface area contributed by atoms with E-state index in [1.54, 1.807) is 0 Å². The van der Waals surface area contributed by atoms with Crippen molar-refractivity contribution in [2.75, 3.05) is 13.2 Å². The van der Waals surface area contributed by atoms with Crippen molar-refractivity contribution < 1.29 is 28.6 Å². The van der Waals surface area contributed by atoms with E-state index >= 15 is 0 Å². The Morgan fingerprint density at radius 1 is 0.292 bits per heavy atom. The van der Waals surface area contributed by atoms with Crippen LogP contribution in [0, 0.1) is 0 Å². The summed E-state index contributed by atoms with van der Waals surface area (Å²) in [6.45, 7) is 6.48. The number of carbonyl (C=O) groups is 3. The maximum Gasteiger partial charge on any atom is 0.306 e. The van der Waals surface area contributed by atoms with Gasteiger partial charge in [-0.25, -0.2) is 0 Å². The highest BCUT2D eigenvalue weighted by atomic mass is 16.6. The van der Waals surface area contributed by atoms with Crippen LogP contribution >= 0.6 is 0 Å². The fourth-order valence-corrected chi connectivity index (χ4v) is 9.10. The molecule has 6 heteroatoms. The van der Waals surface area contributed by atoms with Crippen LogP contribution in [-0.2, 0) is 28.6 Å². The van der Waals surface area contributed by atoms with Crippen molar-refractivity contribution >= 4 is 17.9 Å². The van der Waals surface area contributed by atoms with Crippen LogP contribution in [0.4, 0.5) is 0 Å². The van der Waals surface area contributed by atoms with Crippen molar-refractivity contribution in [1.82, 2.24) is 0 Å². The van der Waals surface area contributed by atoms with E-state index in [9.17, 15) is 14.4 Å². The van der Waals surface area contributed by atoms with E-state index in [1.165, 1.54) is 212 Å². The van der Waals surface area contributed by atoms with E-state index in [1.807, 2.05) is 6.08 Å². The SMILES string of the molecule is CC/C=C\C/C=C\C/C=C\C/C=C\CCC(=O)OC(COC(=O)CCCCCCCCCCCC)COC(=O)CCCCCCCCCCCCCCCCCCCCC/C=C\CCCCCCCCCC. The quantitative estimate of drug-likeness (QED) is 0.0261. The van der Waals surface area contributed by atoms with Crippen LogP contribution in [0.2, 0.25) is 0 Å². The average molecular weight is 1010 g/mol. The normalized spacial score (nSPS) is 12.4. The summed E-state index contributed by atoms with van der Waals surface area (Å²) in [6, 6.07) is 0. The summed E-state index contributed by atoms with van der Waals surface area (Å²) in [5.74, 6) is -0.970. The zero-order chi connectivity index (χ0) is 52.2. The Bertz CT molecular complexity index is 1290. The molecule has 0 amide bonds. The topological polar surface area (TPSA) is 78.9 Å². The molecule has 72 heavy (non-hydrogen) atoms. The zero-order valence-electron chi connectivity index (χ0n) is 47.9. The number of unbranched alkanes of at least 4 members (excludes halogenated alkanes) is 36. The van der Waals surface area contributed by atoms with Crippen molar-refractivity contribution in [2.45, 2.75) is 329 Å². The number of esters is 3. The number of rotatable bonds is 57. The lowest BCUT2D eigenvalue weighted by atomic mass is 10.0. The van der Waals surface area contributed by atoms with Gasteiger partial charge in [-0.15, -0.1) is 0 Å². The third kappa shape index (κ3) is 58.0. The zero-order valence-corrected chi connectivity index (χ0v) is 47.9. The van der Waals surface area contributed by atoms with Gasteiger partial charge in [-0.05, 0) is 70.6 Å². The number of hydrogen-bond acceptors (Lipinski definition) is 6. The minimum absolute atomic E-state index is 0.0991. The Labute approximate surface area is 447 Å². The van der Waals surface area contributed by atoms with Gasteiger partial charge in [0.1, 0.15) is 13.2 Å². The van der Waals surface area contributed by atoms with Crippen LogP contribution in [0.5, 0.6) is 0 Å². The highest BCUT2D eigenvalue weighted by molar-refractivity contribution is 5.71. The summed E-state index contributed by atoms with van der Waals surface area (Å²) >= 11 is 0. The first kappa shape index (κ1) is 69.1. The lowest BCUT2D eigenvalue weighted by Gasteiger charge is -2.18. The van der Waals surface area contributed by atoms with E-state index in [0.717, 1.165) is 64.2 Å². The van der Waals surface area contributed by atoms with Crippen LogP contribution in [0.1, 0.15) is 323 Å². The van der Waals surface area contributed by atoms with Crippen LogP contribution in [0.3, 0.4) is 0 Å². The second-order valence-corrected chi connectivity index (χ2v) is 20.9. The first-order valence-electron chi connectivity index (χ1n) is 31.3. The summed E-state index contributed by atoms with van der Waals surface area (Å²) in [5.41, 5.74) is 0. The minimum Gasteiger partial charge on any atom is -0.462 e. The van der Waals surface area contributed by atoms with Gasteiger partial charge >= 0.3 is 17.9 Å². The van der Waals surface area contributed by atoms with E-state index < -0.39 is 6.10 Å². The molecule has 0 bridgehead atoms. The summed E-state index contributed by atoms with van der Waals surface area (Å²) < 4.78 is 16.8. The lowest BCUT2D eigenvalue weighted by Crippen LogP contribution is -2.30. The van der Waals surface area contributed by atoms with Crippen molar-refractivity contribution in [3.63, 3.8) is 0 Å². The summed E-state index contributed by atoms with van der Waals surface area (Å²) in [4.78, 5) is 38.0. The van der Waals surface area contributed by atoms with Crippen molar-refractivity contribution in [3.05, 3.63) is 60.8 Å². The smallest absolute Gasteiger partial charge is 0.306 e. The molecule has 0 spiro atoms. The molecule has 0 aliphatic carbocycles. The predicted molar refractivity (Wildman–Crippen MR) is 312 cm³/mol. The van der Waals surface area contributed by atoms with Gasteiger partial charge in [0.05, 0.1) is 0 Å². The first-order chi connectivity index (χ1) is 35.5. The molecule has 0 fully saturated rings. The third-order valence-electron chi connectivity index (χ3n) is 13.8. The largest absolute Gasteiger partial charge is 0.462 e. The molecular weight excluding hydrogens is 889 g/mol. The highest BCUT2D eigenvalue weighted by Crippen LogP contribution is 2.17. The van der Waals surface area contributed by atoms with Crippen molar-refractivity contribution in [3.8, 4) is 0 Å². The third-order valence-corrected chi connectivity index (χ3v) is 13.8. The van der Waals surface area contributed by atoms with Gasteiger partial charge in [0, 0.05) is 19.3 Å². The Morgan fingerprint density at radius 3 is 0.903 bits per heavy atom. The molecule has 0 aromatic rings. The van der Waals surface area contributed by atoms with E-state index in [0.29, 0.717) is 19.3 Å². The minimum atomic E-state index is -0.808. The molecule has 0 radical (unpaired) electrons. The molecule has 1 atom stereocenters. The van der Waals surface area contributed by atoms with Crippen LogP contribution in [0.15, 0.2) is 60.8 Å². The van der Waals surface area contributed by atoms with Crippen molar-refractivity contribution in [1.29, 1.82) is 0 Å². The summed E-state index contributed by atoms with van der Waals surface area (Å²) in [7, 11) is 0. The Balaban J connectivity index is 4.08. The van der Waals surface area contributed by atoms with Gasteiger partial charge in [0.2, 0.25) is 0 Å². The van der Waals surface area contributed by atoms with Gasteiger partial charge < -0.3 is 14.2 Å². The summed E-state index contributed by atoms with van der Waals surface area (Å²) in [6.07, 6.45) is 77.1. The standard InChI is InChI=1S/C66H118O6/c1-4-7-10-13-16-19-22-24-25-26-27-28-29-30-31-32-33-34-35-36-37-38-39-40-41-43-44-47-50-53-56-59-65(68)71-62-63(61-70-64(67)58-55-52-49-46-21-18-15-12-9-6-3)72-66(69)60-57-54-51-48-45-42-23-20-17-14-11-8-5-2/h8,11,17,20,26-27,42,45,51,54,63H,4-7,9-10,12-16,18-19,21-25,28-41,43-44,46-50,52-53,55-62H2,1-3H3/b11-8-,20-17-,27-26-,45-42-,54-51-. The molecule has 0 saturated carbocycles. The molecule has 0 N–H and O–H groups in total. The van der Waals surface area contributed by atoms with Gasteiger partial charge in [-0.3, -0.25) is 14.4 Å². The molecule has 0 aliphatic rings. The van der Waals surface area contributed by atoms with Crippen LogP contribution < -0.4 is 0 Å². The number of hydrogen-bond donors (Lipinski definition) is 0. The fraction of sp³-hybridized carbons (Fsp3) is 0.803. The second kappa shape index (κ2) is 60.7. The van der Waals surface area contributed by atoms with E-state index in [-0.39, 0.29) is 37.5 Å². The molecule has 0 heterocycles. The van der Waals surface area contributed by atoms with Gasteiger partial charge in [0.15, 0.2) is 6.10 Å². The monoisotopic (exact) mass is 1010 g/mol. The fourth-order valence-electron chi connectivity index (χ4n) is 9.10. The second-order valence-electron chi connectivity index (χ2n) is 20.9. The van der Waals surface area contributed by atoms with E-state index in [4.69, 9.17) is 14.2 Å². The van der Waals surface area contributed by atoms with Gasteiger partial charge in [0.25, 0.3) is 0 Å². The van der Waals surface area contributed by atoms with Gasteiger partial charge in [-0.2, -0.15) is 0 Å². The van der Waals surface area contributed by atoms with Crippen molar-refractivity contribution in [2.24, 2.45) is 0 Å². The first-order valence-corrected chi connectivity index (χ1v) is 31.3. The maximum atomic E-state index is 12.8. The Kier molecular flexibility index (Phi) is 58.2. The number of carbonyl (C=O) groups excluding carboxylic acids is 3. The maximum absolute atomic E-state index is 12.8. The average Bonchev–Trinajstić information content (AvgIpc) is 3.38. The Hall–Kier alpha value is -2.89. The molecule has 0 rings (SSSR count). The molecule has 0 aromatic heterocycles. The molecule has 6 nitrogen and oxygen atoms in total. The molecular formula is C66H118O6. The molecule has 0 aliphatic heterocycles. The molecule has 0 aromatic carbocycles. The highest BCUT2D eigenvalue weighted by Gasteiger charge is 2.19. The van der Waals surface area contributed by atoms with Gasteiger partial charge in [-0.1, -0.05) is 293 Å². The summed E-state index contributed by atoms with van der Waals surface area (Å²) in [5, 5.41) is 0. The molecule has 418 valence electrons. The number of ether oxygens (including phenoxy) is 3. The lowest BCUT2D eigenvalue weighted by molar-refractivity contribution is -0.166. The van der Waals surface area contributed by atoms with Crippen LogP contribution in [-0.4, -0.2) is 37.2 Å². The van der Waals surface area contributed by atoms with E-state index in [2.05, 4.69) is 75.5 Å². The number of allylic oxidation sites excluding steroid dienone is 10. The Morgan fingerprint density at radius 2 is 0.569 bits per heavy atom. The van der Waals surface area contributed by atoms with Crippen LogP contribution in [0.25, 0.3) is 0 Å². The molecule has 1 unspecified atom stereocenters. The predicted octanol–water partition coefficient (Wildman–Crippen LogP) is 21.2. The molecule has 0 saturated heterocycles.